The second-order valence-electron chi connectivity index (χ2n) is 3.88. The third kappa shape index (κ3) is 4.07. The number of likely N-dealkylation sites (N-methyl/N-ethyl adjacent to an activating group) is 1. The standard InChI is InChI=1S/C11H15IN2O4/c1-13(6-9(15)7-18-2)10-4-3-8(12)5-11(10)14(16)17/h3-5,9,15H,6-7H2,1-2H3. The number of benzene rings is 1. The summed E-state index contributed by atoms with van der Waals surface area (Å²) in [6.45, 7) is 0.470. The van der Waals surface area contributed by atoms with Crippen LogP contribution in [-0.2, 0) is 4.74 Å². The van der Waals surface area contributed by atoms with E-state index in [1.807, 2.05) is 22.6 Å². The summed E-state index contributed by atoms with van der Waals surface area (Å²) < 4.78 is 5.63. The molecule has 18 heavy (non-hydrogen) atoms. The minimum atomic E-state index is -0.682. The van der Waals surface area contributed by atoms with Gasteiger partial charge in [-0.3, -0.25) is 10.1 Å². The zero-order valence-electron chi connectivity index (χ0n) is 10.2. The molecule has 6 nitrogen and oxygen atoms in total. The smallest absolute Gasteiger partial charge is 0.293 e. The summed E-state index contributed by atoms with van der Waals surface area (Å²) in [5.41, 5.74) is 0.518. The van der Waals surface area contributed by atoms with E-state index in [0.717, 1.165) is 3.57 Å². The van der Waals surface area contributed by atoms with Gasteiger partial charge in [0.15, 0.2) is 0 Å². The second-order valence-corrected chi connectivity index (χ2v) is 5.13. The maximum Gasteiger partial charge on any atom is 0.293 e. The molecule has 0 saturated carbocycles. The lowest BCUT2D eigenvalue weighted by Gasteiger charge is -2.22. The van der Waals surface area contributed by atoms with Crippen LogP contribution in [0, 0.1) is 13.7 Å². The first-order chi connectivity index (χ1) is 8.45. The number of ether oxygens (including phenoxy) is 1. The van der Waals surface area contributed by atoms with Gasteiger partial charge in [-0.2, -0.15) is 0 Å². The third-order valence-corrected chi connectivity index (χ3v) is 3.06. The predicted molar refractivity (Wildman–Crippen MR) is 77.0 cm³/mol. The van der Waals surface area contributed by atoms with Gasteiger partial charge in [-0.25, -0.2) is 0 Å². The molecule has 0 aromatic heterocycles. The van der Waals surface area contributed by atoms with Crippen molar-refractivity contribution < 1.29 is 14.8 Å². The van der Waals surface area contributed by atoms with Crippen molar-refractivity contribution in [2.45, 2.75) is 6.10 Å². The maximum atomic E-state index is 11.0. The maximum absolute atomic E-state index is 11.0. The van der Waals surface area contributed by atoms with E-state index in [-0.39, 0.29) is 18.8 Å². The SMILES string of the molecule is COCC(O)CN(C)c1ccc(I)cc1[N+](=O)[O-]. The average molecular weight is 366 g/mol. The summed E-state index contributed by atoms with van der Waals surface area (Å²) in [5.74, 6) is 0. The Bertz CT molecular complexity index is 428. The van der Waals surface area contributed by atoms with Crippen LogP contribution in [0.2, 0.25) is 0 Å². The highest BCUT2D eigenvalue weighted by atomic mass is 127. The van der Waals surface area contributed by atoms with Crippen LogP contribution < -0.4 is 4.90 Å². The van der Waals surface area contributed by atoms with E-state index in [1.165, 1.54) is 13.2 Å². The van der Waals surface area contributed by atoms with Gasteiger partial charge in [-0.1, -0.05) is 0 Å². The van der Waals surface area contributed by atoms with Crippen LogP contribution in [0.25, 0.3) is 0 Å². The lowest BCUT2D eigenvalue weighted by Crippen LogP contribution is -2.32. The van der Waals surface area contributed by atoms with Gasteiger partial charge in [0.05, 0.1) is 17.6 Å². The first kappa shape index (κ1) is 15.1. The average Bonchev–Trinajstić information content (AvgIpc) is 2.28. The van der Waals surface area contributed by atoms with Crippen LogP contribution in [0.4, 0.5) is 11.4 Å². The number of halogens is 1. The van der Waals surface area contributed by atoms with Crippen molar-refractivity contribution >= 4 is 34.0 Å². The molecule has 0 heterocycles. The molecule has 0 radical (unpaired) electrons. The molecule has 0 spiro atoms. The molecule has 1 aromatic carbocycles. The molecule has 0 bridgehead atoms. The van der Waals surface area contributed by atoms with Gasteiger partial charge in [0, 0.05) is 30.3 Å². The van der Waals surface area contributed by atoms with Gasteiger partial charge < -0.3 is 14.7 Å². The summed E-state index contributed by atoms with van der Waals surface area (Å²) in [7, 11) is 3.20. The van der Waals surface area contributed by atoms with Gasteiger partial charge in [0.25, 0.3) is 5.69 Å². The Kier molecular flexibility index (Phi) is 5.76. The molecule has 1 N–H and O–H groups in total. The lowest BCUT2D eigenvalue weighted by molar-refractivity contribution is -0.384. The number of anilines is 1. The van der Waals surface area contributed by atoms with E-state index in [9.17, 15) is 15.2 Å². The molecule has 0 fully saturated rings. The number of aliphatic hydroxyl groups is 1. The van der Waals surface area contributed by atoms with E-state index < -0.39 is 11.0 Å². The summed E-state index contributed by atoms with van der Waals surface area (Å²) in [6.07, 6.45) is -0.682. The molecule has 0 aliphatic carbocycles. The highest BCUT2D eigenvalue weighted by molar-refractivity contribution is 14.1. The van der Waals surface area contributed by atoms with Crippen molar-refractivity contribution in [2.24, 2.45) is 0 Å². The highest BCUT2D eigenvalue weighted by Crippen LogP contribution is 2.29. The molecule has 7 heteroatoms. The first-order valence-corrected chi connectivity index (χ1v) is 6.35. The Hall–Kier alpha value is -0.930. The summed E-state index contributed by atoms with van der Waals surface area (Å²) in [4.78, 5) is 12.2. The minimum absolute atomic E-state index is 0.0361. The molecule has 1 rings (SSSR count). The largest absolute Gasteiger partial charge is 0.389 e. The Labute approximate surface area is 119 Å². The molecule has 0 saturated heterocycles. The fourth-order valence-corrected chi connectivity index (χ4v) is 2.10. The molecule has 1 atom stereocenters. The molecule has 100 valence electrons. The van der Waals surface area contributed by atoms with Gasteiger partial charge in [0.1, 0.15) is 5.69 Å². The van der Waals surface area contributed by atoms with Gasteiger partial charge in [0.2, 0.25) is 0 Å². The Balaban J connectivity index is 2.91. The van der Waals surface area contributed by atoms with E-state index >= 15 is 0 Å². The number of hydrogen-bond donors (Lipinski definition) is 1. The van der Waals surface area contributed by atoms with Crippen LogP contribution >= 0.6 is 22.6 Å². The summed E-state index contributed by atoms with van der Waals surface area (Å²) in [6, 6.07) is 4.98. The number of nitro groups is 1. The zero-order chi connectivity index (χ0) is 13.7. The topological polar surface area (TPSA) is 75.8 Å². The summed E-state index contributed by atoms with van der Waals surface area (Å²) in [5, 5.41) is 20.6. The zero-order valence-corrected chi connectivity index (χ0v) is 12.3. The fraction of sp³-hybridized carbons (Fsp3) is 0.455. The van der Waals surface area contributed by atoms with E-state index in [2.05, 4.69) is 0 Å². The normalized spacial score (nSPS) is 12.2. The molecule has 0 aliphatic heterocycles. The van der Waals surface area contributed by atoms with Gasteiger partial charge in [-0.05, 0) is 34.7 Å². The van der Waals surface area contributed by atoms with Crippen molar-refractivity contribution in [2.75, 3.05) is 32.2 Å². The molecular weight excluding hydrogens is 351 g/mol. The Morgan fingerprint density at radius 1 is 1.61 bits per heavy atom. The second kappa shape index (κ2) is 6.86. The molecular formula is C11H15IN2O4. The van der Waals surface area contributed by atoms with E-state index in [4.69, 9.17) is 4.74 Å². The van der Waals surface area contributed by atoms with Crippen molar-refractivity contribution in [3.8, 4) is 0 Å². The molecule has 1 aromatic rings. The van der Waals surface area contributed by atoms with Crippen molar-refractivity contribution in [1.29, 1.82) is 0 Å². The number of aliphatic hydroxyl groups excluding tert-OH is 1. The quantitative estimate of drug-likeness (QED) is 0.471. The van der Waals surface area contributed by atoms with Crippen molar-refractivity contribution in [1.82, 2.24) is 0 Å². The fourth-order valence-electron chi connectivity index (χ4n) is 1.63. The number of methoxy groups -OCH3 is 1. The highest BCUT2D eigenvalue weighted by Gasteiger charge is 2.19. The Morgan fingerprint density at radius 3 is 2.83 bits per heavy atom. The predicted octanol–water partition coefficient (Wildman–Crippen LogP) is 1.64. The monoisotopic (exact) mass is 366 g/mol. The lowest BCUT2D eigenvalue weighted by atomic mass is 10.2. The number of nitro benzene ring substituents is 1. The summed E-state index contributed by atoms with van der Waals surface area (Å²) >= 11 is 2.03. The number of hydrogen-bond acceptors (Lipinski definition) is 5. The van der Waals surface area contributed by atoms with Crippen LogP contribution in [0.3, 0.4) is 0 Å². The molecule has 1 unspecified atom stereocenters. The first-order valence-electron chi connectivity index (χ1n) is 5.27. The van der Waals surface area contributed by atoms with Crippen LogP contribution in [0.15, 0.2) is 18.2 Å². The van der Waals surface area contributed by atoms with Crippen LogP contribution in [0.1, 0.15) is 0 Å². The molecule has 0 aliphatic rings. The van der Waals surface area contributed by atoms with E-state index in [1.54, 1.807) is 24.1 Å². The van der Waals surface area contributed by atoms with Crippen molar-refractivity contribution in [3.63, 3.8) is 0 Å². The third-order valence-electron chi connectivity index (χ3n) is 2.39. The van der Waals surface area contributed by atoms with Crippen LogP contribution in [-0.4, -0.2) is 43.4 Å². The minimum Gasteiger partial charge on any atom is -0.389 e. The van der Waals surface area contributed by atoms with Crippen molar-refractivity contribution in [3.05, 3.63) is 31.9 Å². The van der Waals surface area contributed by atoms with Gasteiger partial charge >= 0.3 is 0 Å². The van der Waals surface area contributed by atoms with Crippen LogP contribution in [0.5, 0.6) is 0 Å². The number of rotatable bonds is 6. The van der Waals surface area contributed by atoms with Gasteiger partial charge in [-0.15, -0.1) is 0 Å². The molecule has 0 amide bonds. The number of nitrogens with zero attached hydrogens (tertiary/aromatic N) is 2. The Morgan fingerprint density at radius 2 is 2.28 bits per heavy atom. The van der Waals surface area contributed by atoms with E-state index in [0.29, 0.717) is 5.69 Å².